The maximum Gasteiger partial charge on any atom is 0.256 e. The topological polar surface area (TPSA) is 53.1 Å². The third-order valence-electron chi connectivity index (χ3n) is 9.50. The first-order chi connectivity index (χ1) is 20.0. The third-order valence-corrected chi connectivity index (χ3v) is 9.50. The Balaban J connectivity index is 1.10. The van der Waals surface area contributed by atoms with Crippen LogP contribution in [0.5, 0.6) is 5.75 Å². The van der Waals surface area contributed by atoms with Crippen LogP contribution in [-0.4, -0.2) is 72.9 Å². The van der Waals surface area contributed by atoms with Crippen LogP contribution in [0.3, 0.4) is 0 Å². The molecule has 0 radical (unpaired) electrons. The zero-order chi connectivity index (χ0) is 28.4. The fraction of sp³-hybridized carbons (Fsp3) is 0.412. The summed E-state index contributed by atoms with van der Waals surface area (Å²) in [6, 6.07) is 24.6. The van der Waals surface area contributed by atoms with E-state index in [0.717, 1.165) is 56.8 Å². The Morgan fingerprint density at radius 1 is 0.902 bits per heavy atom. The molecule has 3 aliphatic rings. The van der Waals surface area contributed by atoms with Crippen molar-refractivity contribution < 1.29 is 18.7 Å². The first-order valence-electron chi connectivity index (χ1n) is 14.7. The molecule has 0 aliphatic carbocycles. The predicted octanol–water partition coefficient (Wildman–Crippen LogP) is 5.20. The number of ether oxygens (including phenoxy) is 1. The van der Waals surface area contributed by atoms with Crippen molar-refractivity contribution in [1.82, 2.24) is 14.7 Å². The Kier molecular flexibility index (Phi) is 7.80. The van der Waals surface area contributed by atoms with Crippen molar-refractivity contribution >= 4 is 11.8 Å². The lowest BCUT2D eigenvalue weighted by molar-refractivity contribution is -0.139. The number of hydrogen-bond donors (Lipinski definition) is 0. The summed E-state index contributed by atoms with van der Waals surface area (Å²) in [6.45, 7) is 5.24. The standard InChI is InChI=1S/C34H38FN3O3/c1-41-28-13-11-25(12-14-28)21-37-20-17-34(33(37)40)15-18-36(19-16-34)22-27-23-38(24-30(27)26-7-3-2-4-8-26)32(39)29-9-5-6-10-31(29)35/h2-14,27,30H,15-24H2,1H3. The van der Waals surface area contributed by atoms with Gasteiger partial charge in [-0.25, -0.2) is 4.39 Å². The molecule has 0 saturated carbocycles. The summed E-state index contributed by atoms with van der Waals surface area (Å²) in [4.78, 5) is 33.2. The molecule has 3 aromatic rings. The number of amides is 2. The van der Waals surface area contributed by atoms with E-state index in [1.165, 1.54) is 11.6 Å². The SMILES string of the molecule is COc1ccc(CN2CCC3(CCN(CC4CN(C(=O)c5ccccc5F)CC4c4ccccc4)CC3)C2=O)cc1. The minimum absolute atomic E-state index is 0.138. The average molecular weight is 556 g/mol. The number of methoxy groups -OCH3 is 1. The third kappa shape index (κ3) is 5.60. The highest BCUT2D eigenvalue weighted by atomic mass is 19.1. The summed E-state index contributed by atoms with van der Waals surface area (Å²) in [5.74, 6) is 0.835. The van der Waals surface area contributed by atoms with Gasteiger partial charge in [0.25, 0.3) is 5.91 Å². The molecule has 3 fully saturated rings. The predicted molar refractivity (Wildman–Crippen MR) is 156 cm³/mol. The van der Waals surface area contributed by atoms with Gasteiger partial charge < -0.3 is 19.4 Å². The van der Waals surface area contributed by atoms with Gasteiger partial charge in [0.15, 0.2) is 0 Å². The van der Waals surface area contributed by atoms with Gasteiger partial charge in [0.1, 0.15) is 11.6 Å². The number of carbonyl (C=O) groups is 2. The first-order valence-corrected chi connectivity index (χ1v) is 14.7. The molecule has 0 N–H and O–H groups in total. The molecule has 3 aromatic carbocycles. The van der Waals surface area contributed by atoms with E-state index in [1.54, 1.807) is 25.3 Å². The number of rotatable bonds is 7. The summed E-state index contributed by atoms with van der Waals surface area (Å²) >= 11 is 0. The van der Waals surface area contributed by atoms with Crippen LogP contribution < -0.4 is 4.74 Å². The summed E-state index contributed by atoms with van der Waals surface area (Å²) in [5.41, 5.74) is 2.22. The molecule has 6 rings (SSSR count). The van der Waals surface area contributed by atoms with Crippen molar-refractivity contribution in [3.05, 3.63) is 101 Å². The number of carbonyl (C=O) groups excluding carboxylic acids is 2. The van der Waals surface area contributed by atoms with Gasteiger partial charge in [-0.3, -0.25) is 9.59 Å². The molecule has 1 spiro atoms. The quantitative estimate of drug-likeness (QED) is 0.402. The van der Waals surface area contributed by atoms with Crippen molar-refractivity contribution in [1.29, 1.82) is 0 Å². The highest BCUT2D eigenvalue weighted by Crippen LogP contribution is 2.43. The van der Waals surface area contributed by atoms with Gasteiger partial charge in [0.2, 0.25) is 5.91 Å². The molecule has 214 valence electrons. The highest BCUT2D eigenvalue weighted by molar-refractivity contribution is 5.94. The van der Waals surface area contributed by atoms with E-state index in [4.69, 9.17) is 4.74 Å². The lowest BCUT2D eigenvalue weighted by Crippen LogP contribution is -2.46. The van der Waals surface area contributed by atoms with Gasteiger partial charge in [-0.1, -0.05) is 54.6 Å². The van der Waals surface area contributed by atoms with E-state index >= 15 is 0 Å². The van der Waals surface area contributed by atoms with Gasteiger partial charge >= 0.3 is 0 Å². The molecule has 3 saturated heterocycles. The van der Waals surface area contributed by atoms with E-state index < -0.39 is 5.82 Å². The van der Waals surface area contributed by atoms with Crippen LogP contribution in [0.2, 0.25) is 0 Å². The van der Waals surface area contributed by atoms with Crippen molar-refractivity contribution in [2.24, 2.45) is 11.3 Å². The molecular weight excluding hydrogens is 517 g/mol. The van der Waals surface area contributed by atoms with E-state index in [1.807, 2.05) is 52.3 Å². The molecule has 41 heavy (non-hydrogen) atoms. The fourth-order valence-corrected chi connectivity index (χ4v) is 7.06. The molecule has 0 aromatic heterocycles. The van der Waals surface area contributed by atoms with Crippen molar-refractivity contribution in [3.8, 4) is 5.75 Å². The average Bonchev–Trinajstić information content (AvgIpc) is 3.56. The monoisotopic (exact) mass is 555 g/mol. The summed E-state index contributed by atoms with van der Waals surface area (Å²) < 4.78 is 19.7. The molecule has 6 nitrogen and oxygen atoms in total. The van der Waals surface area contributed by atoms with E-state index in [-0.39, 0.29) is 34.6 Å². The van der Waals surface area contributed by atoms with E-state index in [0.29, 0.717) is 19.6 Å². The lowest BCUT2D eigenvalue weighted by Gasteiger charge is -2.39. The van der Waals surface area contributed by atoms with Crippen molar-refractivity contribution in [3.63, 3.8) is 0 Å². The number of halogens is 1. The van der Waals surface area contributed by atoms with Crippen LogP contribution in [0.1, 0.15) is 46.7 Å². The summed E-state index contributed by atoms with van der Waals surface area (Å²) in [6.07, 6.45) is 2.65. The fourth-order valence-electron chi connectivity index (χ4n) is 7.06. The number of likely N-dealkylation sites (tertiary alicyclic amines) is 3. The Bertz CT molecular complexity index is 1370. The van der Waals surface area contributed by atoms with Gasteiger partial charge in [0, 0.05) is 38.6 Å². The van der Waals surface area contributed by atoms with Crippen LogP contribution in [0.15, 0.2) is 78.9 Å². The zero-order valence-electron chi connectivity index (χ0n) is 23.7. The molecule has 3 heterocycles. The second kappa shape index (κ2) is 11.6. The van der Waals surface area contributed by atoms with Crippen LogP contribution in [0, 0.1) is 17.2 Å². The Labute approximate surface area is 241 Å². The van der Waals surface area contributed by atoms with Crippen LogP contribution >= 0.6 is 0 Å². The van der Waals surface area contributed by atoms with Gasteiger partial charge in [-0.2, -0.15) is 0 Å². The second-order valence-corrected chi connectivity index (χ2v) is 11.9. The normalized spacial score (nSPS) is 22.4. The smallest absolute Gasteiger partial charge is 0.256 e. The minimum Gasteiger partial charge on any atom is -0.497 e. The van der Waals surface area contributed by atoms with Crippen LogP contribution in [0.25, 0.3) is 0 Å². The van der Waals surface area contributed by atoms with Crippen molar-refractivity contribution in [2.75, 3.05) is 46.4 Å². The maximum absolute atomic E-state index is 14.4. The number of nitrogens with zero attached hydrogens (tertiary/aromatic N) is 3. The molecule has 2 atom stereocenters. The second-order valence-electron chi connectivity index (χ2n) is 11.9. The summed E-state index contributed by atoms with van der Waals surface area (Å²) in [5, 5.41) is 0. The van der Waals surface area contributed by atoms with E-state index in [9.17, 15) is 14.0 Å². The number of benzene rings is 3. The molecule has 2 amide bonds. The largest absolute Gasteiger partial charge is 0.497 e. The molecule has 0 bridgehead atoms. The molecule has 7 heteroatoms. The van der Waals surface area contributed by atoms with Crippen molar-refractivity contribution in [2.45, 2.75) is 31.7 Å². The lowest BCUT2D eigenvalue weighted by atomic mass is 9.76. The summed E-state index contributed by atoms with van der Waals surface area (Å²) in [7, 11) is 1.66. The molecule has 3 aliphatic heterocycles. The van der Waals surface area contributed by atoms with Gasteiger partial charge in [-0.15, -0.1) is 0 Å². The Morgan fingerprint density at radius 2 is 1.59 bits per heavy atom. The maximum atomic E-state index is 14.4. The number of hydrogen-bond acceptors (Lipinski definition) is 4. The van der Waals surface area contributed by atoms with Crippen LogP contribution in [-0.2, 0) is 11.3 Å². The number of piperidine rings is 1. The zero-order valence-corrected chi connectivity index (χ0v) is 23.7. The Morgan fingerprint density at radius 3 is 2.29 bits per heavy atom. The van der Waals surface area contributed by atoms with Gasteiger partial charge in [-0.05, 0) is 73.7 Å². The molecular formula is C34H38FN3O3. The Hall–Kier alpha value is -3.71. The first kappa shape index (κ1) is 27.5. The van der Waals surface area contributed by atoms with Crippen LogP contribution in [0.4, 0.5) is 4.39 Å². The van der Waals surface area contributed by atoms with Gasteiger partial charge in [0.05, 0.1) is 18.1 Å². The highest BCUT2D eigenvalue weighted by Gasteiger charge is 2.48. The van der Waals surface area contributed by atoms with E-state index in [2.05, 4.69) is 17.0 Å². The molecule has 2 unspecified atom stereocenters. The minimum atomic E-state index is -0.471.